The first-order valence-electron chi connectivity index (χ1n) is 6.03. The summed E-state index contributed by atoms with van der Waals surface area (Å²) in [5.41, 5.74) is 2.61. The minimum absolute atomic E-state index is 0.740. The monoisotopic (exact) mass is 295 g/mol. The maximum Gasteiger partial charge on any atom is 0.174 e. The number of hydrogen-bond acceptors (Lipinski definition) is 6. The molecule has 0 aliphatic heterocycles. The molecule has 19 heavy (non-hydrogen) atoms. The Hall–Kier alpha value is -0.950. The van der Waals surface area contributed by atoms with Crippen LogP contribution in [-0.2, 0) is 11.3 Å². The lowest BCUT2D eigenvalue weighted by molar-refractivity contribution is 0.199. The van der Waals surface area contributed by atoms with Crippen molar-refractivity contribution in [3.05, 3.63) is 35.7 Å². The molecule has 4 nitrogen and oxygen atoms in total. The van der Waals surface area contributed by atoms with E-state index in [9.17, 15) is 0 Å². The normalized spacial score (nSPS) is 10.8. The molecule has 0 saturated carbocycles. The van der Waals surface area contributed by atoms with Crippen LogP contribution in [0.25, 0.3) is 0 Å². The molecule has 1 aromatic heterocycles. The lowest BCUT2D eigenvalue weighted by atomic mass is 10.1. The molecule has 0 fully saturated rings. The molecule has 0 saturated heterocycles. The summed E-state index contributed by atoms with van der Waals surface area (Å²) in [5.74, 6) is 0. The Morgan fingerprint density at radius 1 is 1.42 bits per heavy atom. The van der Waals surface area contributed by atoms with Gasteiger partial charge in [-0.25, -0.2) is 4.98 Å². The van der Waals surface area contributed by atoms with Gasteiger partial charge in [0.1, 0.15) is 6.33 Å². The van der Waals surface area contributed by atoms with Crippen molar-refractivity contribution in [2.75, 3.05) is 20.3 Å². The van der Waals surface area contributed by atoms with E-state index in [0.29, 0.717) is 0 Å². The fourth-order valence-corrected chi connectivity index (χ4v) is 3.16. The van der Waals surface area contributed by atoms with Gasteiger partial charge in [0.05, 0.1) is 6.61 Å². The first kappa shape index (κ1) is 14.5. The van der Waals surface area contributed by atoms with Crippen LogP contribution in [-0.4, -0.2) is 29.6 Å². The zero-order chi connectivity index (χ0) is 13.5. The third-order valence-electron chi connectivity index (χ3n) is 2.66. The van der Waals surface area contributed by atoms with E-state index in [-0.39, 0.29) is 0 Å². The molecule has 0 atom stereocenters. The highest BCUT2D eigenvalue weighted by molar-refractivity contribution is 8.01. The second kappa shape index (κ2) is 7.59. The Labute approximate surface area is 121 Å². The van der Waals surface area contributed by atoms with Crippen molar-refractivity contribution in [2.45, 2.75) is 22.7 Å². The minimum atomic E-state index is 0.740. The van der Waals surface area contributed by atoms with Gasteiger partial charge in [-0.3, -0.25) is 0 Å². The van der Waals surface area contributed by atoms with Crippen molar-refractivity contribution in [1.29, 1.82) is 0 Å². The summed E-state index contributed by atoms with van der Waals surface area (Å²) in [6, 6.07) is 6.49. The van der Waals surface area contributed by atoms with E-state index < -0.39 is 0 Å². The van der Waals surface area contributed by atoms with Gasteiger partial charge in [-0.2, -0.15) is 4.37 Å². The average molecular weight is 295 g/mol. The lowest BCUT2D eigenvalue weighted by Crippen LogP contribution is -2.19. The highest BCUT2D eigenvalue weighted by Gasteiger charge is 2.04. The molecule has 1 aromatic carbocycles. The fourth-order valence-electron chi connectivity index (χ4n) is 1.64. The summed E-state index contributed by atoms with van der Waals surface area (Å²) in [6.45, 7) is 4.62. The van der Waals surface area contributed by atoms with Crippen molar-refractivity contribution in [3.63, 3.8) is 0 Å². The first-order valence-corrected chi connectivity index (χ1v) is 7.62. The molecule has 0 radical (unpaired) electrons. The number of hydrogen-bond donors (Lipinski definition) is 1. The molecule has 2 aromatic rings. The van der Waals surface area contributed by atoms with Gasteiger partial charge >= 0.3 is 0 Å². The molecule has 0 aliphatic rings. The van der Waals surface area contributed by atoms with Gasteiger partial charge in [-0.05, 0) is 41.7 Å². The number of methoxy groups -OCH3 is 1. The average Bonchev–Trinajstić information content (AvgIpc) is 2.90. The molecule has 6 heteroatoms. The van der Waals surface area contributed by atoms with Crippen LogP contribution in [0.2, 0.25) is 0 Å². The zero-order valence-corrected chi connectivity index (χ0v) is 12.7. The molecule has 0 bridgehead atoms. The van der Waals surface area contributed by atoms with Crippen LogP contribution in [0.3, 0.4) is 0 Å². The highest BCUT2D eigenvalue weighted by atomic mass is 32.2. The van der Waals surface area contributed by atoms with Crippen LogP contribution < -0.4 is 5.32 Å². The van der Waals surface area contributed by atoms with Gasteiger partial charge in [-0.15, -0.1) is 0 Å². The van der Waals surface area contributed by atoms with Crippen LogP contribution in [0.5, 0.6) is 0 Å². The molecule has 1 N–H and O–H groups in total. The maximum absolute atomic E-state index is 5.01. The van der Waals surface area contributed by atoms with Crippen LogP contribution in [0.1, 0.15) is 11.1 Å². The predicted molar refractivity (Wildman–Crippen MR) is 78.8 cm³/mol. The number of benzene rings is 1. The summed E-state index contributed by atoms with van der Waals surface area (Å²) < 4.78 is 9.99. The van der Waals surface area contributed by atoms with Gasteiger partial charge in [0.15, 0.2) is 4.34 Å². The number of aromatic nitrogens is 2. The third-order valence-corrected chi connectivity index (χ3v) is 4.36. The Kier molecular flexibility index (Phi) is 5.78. The molecular formula is C13H17N3OS2. The number of nitrogens with one attached hydrogen (secondary N) is 1. The maximum atomic E-state index is 5.01. The van der Waals surface area contributed by atoms with E-state index in [1.54, 1.807) is 25.2 Å². The van der Waals surface area contributed by atoms with Crippen LogP contribution in [0.4, 0.5) is 0 Å². The molecule has 1 heterocycles. The lowest BCUT2D eigenvalue weighted by Gasteiger charge is -2.09. The summed E-state index contributed by atoms with van der Waals surface area (Å²) in [5, 5.41) is 3.36. The number of aryl methyl sites for hydroxylation is 1. The zero-order valence-electron chi connectivity index (χ0n) is 11.0. The number of nitrogens with zero attached hydrogens (tertiary/aromatic N) is 2. The van der Waals surface area contributed by atoms with E-state index in [0.717, 1.165) is 24.0 Å². The van der Waals surface area contributed by atoms with E-state index >= 15 is 0 Å². The second-order valence-electron chi connectivity index (χ2n) is 4.07. The van der Waals surface area contributed by atoms with E-state index in [2.05, 4.69) is 39.8 Å². The third kappa shape index (κ3) is 4.58. The second-order valence-corrected chi connectivity index (χ2v) is 6.17. The van der Waals surface area contributed by atoms with Crippen molar-refractivity contribution in [1.82, 2.24) is 14.7 Å². The fraction of sp³-hybridized carbons (Fsp3) is 0.385. The van der Waals surface area contributed by atoms with E-state index in [1.165, 1.54) is 27.6 Å². The van der Waals surface area contributed by atoms with Crippen molar-refractivity contribution < 1.29 is 4.74 Å². The van der Waals surface area contributed by atoms with Crippen molar-refractivity contribution in [3.8, 4) is 0 Å². The summed E-state index contributed by atoms with van der Waals surface area (Å²) >= 11 is 3.08. The number of ether oxygens (including phenoxy) is 1. The molecular weight excluding hydrogens is 278 g/mol. The Morgan fingerprint density at radius 3 is 3.00 bits per heavy atom. The smallest absolute Gasteiger partial charge is 0.174 e. The van der Waals surface area contributed by atoms with Gasteiger partial charge < -0.3 is 10.1 Å². The first-order chi connectivity index (χ1) is 9.29. The summed E-state index contributed by atoms with van der Waals surface area (Å²) in [6.07, 6.45) is 1.59. The Balaban J connectivity index is 1.93. The topological polar surface area (TPSA) is 47.0 Å². The van der Waals surface area contributed by atoms with Gasteiger partial charge in [-0.1, -0.05) is 17.8 Å². The minimum Gasteiger partial charge on any atom is -0.383 e. The highest BCUT2D eigenvalue weighted by Crippen LogP contribution is 2.29. The van der Waals surface area contributed by atoms with Crippen LogP contribution >= 0.6 is 23.3 Å². The molecule has 2 rings (SSSR count). The van der Waals surface area contributed by atoms with Crippen LogP contribution in [0, 0.1) is 6.92 Å². The van der Waals surface area contributed by atoms with Crippen molar-refractivity contribution >= 4 is 23.3 Å². The predicted octanol–water partition coefficient (Wildman–Crippen LogP) is 2.73. The largest absolute Gasteiger partial charge is 0.383 e. The summed E-state index contributed by atoms with van der Waals surface area (Å²) in [4.78, 5) is 5.38. The quantitative estimate of drug-likeness (QED) is 0.796. The number of rotatable bonds is 7. The van der Waals surface area contributed by atoms with Gasteiger partial charge in [0.2, 0.25) is 0 Å². The SMILES string of the molecule is COCCNCc1ccc(Sc2ncns2)cc1C. The molecule has 0 unspecified atom stereocenters. The van der Waals surface area contributed by atoms with Crippen LogP contribution in [0.15, 0.2) is 33.8 Å². The Bertz CT molecular complexity index is 503. The summed E-state index contributed by atoms with van der Waals surface area (Å²) in [7, 11) is 1.71. The van der Waals surface area contributed by atoms with Gasteiger partial charge in [0, 0.05) is 25.1 Å². The van der Waals surface area contributed by atoms with E-state index in [1.807, 2.05) is 0 Å². The standard InChI is InChI=1S/C13H17N3OS2/c1-10-7-12(18-13-15-9-16-19-13)4-3-11(10)8-14-5-6-17-2/h3-4,7,9,14H,5-6,8H2,1-2H3. The Morgan fingerprint density at radius 2 is 2.32 bits per heavy atom. The van der Waals surface area contributed by atoms with E-state index in [4.69, 9.17) is 4.74 Å². The molecule has 102 valence electrons. The molecule has 0 amide bonds. The molecule has 0 spiro atoms. The molecule has 0 aliphatic carbocycles. The van der Waals surface area contributed by atoms with Crippen molar-refractivity contribution in [2.24, 2.45) is 0 Å². The van der Waals surface area contributed by atoms with Gasteiger partial charge in [0.25, 0.3) is 0 Å².